The van der Waals surface area contributed by atoms with Crippen LogP contribution in [0.3, 0.4) is 0 Å². The lowest BCUT2D eigenvalue weighted by Gasteiger charge is -2.35. The maximum absolute atomic E-state index is 12.5. The van der Waals surface area contributed by atoms with Crippen LogP contribution in [0.25, 0.3) is 0 Å². The Bertz CT molecular complexity index is 839. The van der Waals surface area contributed by atoms with Crippen LogP contribution in [-0.2, 0) is 4.79 Å². The Morgan fingerprint density at radius 3 is 2.39 bits per heavy atom. The standard InChI is InChI=1S/C20H23Cl2N3O3/c1-27-15-4-6-18(19(12-15)28-2)23-20(26)13-24-7-9-25(10-8-24)14-3-5-16(21)17(22)11-14/h3-6,11-12H,7-10,13H2,1-2H3,(H,23,26). The lowest BCUT2D eigenvalue weighted by atomic mass is 10.2. The van der Waals surface area contributed by atoms with Gasteiger partial charge in [0, 0.05) is 37.9 Å². The van der Waals surface area contributed by atoms with Crippen molar-refractivity contribution in [3.8, 4) is 11.5 Å². The van der Waals surface area contributed by atoms with E-state index in [0.29, 0.717) is 33.8 Å². The average molecular weight is 424 g/mol. The summed E-state index contributed by atoms with van der Waals surface area (Å²) in [6, 6.07) is 11.0. The minimum atomic E-state index is -0.0774. The van der Waals surface area contributed by atoms with Crippen LogP contribution in [0.1, 0.15) is 0 Å². The van der Waals surface area contributed by atoms with Gasteiger partial charge in [0.1, 0.15) is 11.5 Å². The predicted molar refractivity (Wildman–Crippen MR) is 113 cm³/mol. The molecule has 0 spiro atoms. The summed E-state index contributed by atoms with van der Waals surface area (Å²) in [5.74, 6) is 1.16. The molecule has 0 aromatic heterocycles. The van der Waals surface area contributed by atoms with Gasteiger partial charge < -0.3 is 19.7 Å². The molecule has 0 aliphatic carbocycles. The molecule has 0 atom stereocenters. The molecule has 2 aromatic rings. The van der Waals surface area contributed by atoms with E-state index in [0.717, 1.165) is 31.9 Å². The zero-order valence-corrected chi connectivity index (χ0v) is 17.4. The van der Waals surface area contributed by atoms with Gasteiger partial charge in [0.25, 0.3) is 0 Å². The molecule has 0 bridgehead atoms. The van der Waals surface area contributed by atoms with E-state index in [4.69, 9.17) is 32.7 Å². The van der Waals surface area contributed by atoms with E-state index in [9.17, 15) is 4.79 Å². The van der Waals surface area contributed by atoms with Gasteiger partial charge in [-0.15, -0.1) is 0 Å². The molecule has 1 saturated heterocycles. The normalized spacial score (nSPS) is 14.6. The first kappa shape index (κ1) is 20.6. The summed E-state index contributed by atoms with van der Waals surface area (Å²) in [6.07, 6.45) is 0. The molecule has 1 amide bonds. The highest BCUT2D eigenvalue weighted by Gasteiger charge is 2.20. The van der Waals surface area contributed by atoms with Crippen LogP contribution < -0.4 is 19.7 Å². The van der Waals surface area contributed by atoms with E-state index in [2.05, 4.69) is 15.1 Å². The third-order valence-electron chi connectivity index (χ3n) is 4.69. The quantitative estimate of drug-likeness (QED) is 0.765. The van der Waals surface area contributed by atoms with Gasteiger partial charge in [-0.1, -0.05) is 23.2 Å². The van der Waals surface area contributed by atoms with Crippen LogP contribution in [0.4, 0.5) is 11.4 Å². The number of carbonyl (C=O) groups excluding carboxylic acids is 1. The monoisotopic (exact) mass is 423 g/mol. The van der Waals surface area contributed by atoms with E-state index in [-0.39, 0.29) is 5.91 Å². The fourth-order valence-corrected chi connectivity index (χ4v) is 3.43. The number of benzene rings is 2. The number of ether oxygens (including phenoxy) is 2. The number of nitrogens with zero attached hydrogens (tertiary/aromatic N) is 2. The topological polar surface area (TPSA) is 54.0 Å². The Hall–Kier alpha value is -2.15. The number of carbonyl (C=O) groups is 1. The Morgan fingerprint density at radius 1 is 1.00 bits per heavy atom. The predicted octanol–water partition coefficient (Wildman–Crippen LogP) is 3.77. The zero-order chi connectivity index (χ0) is 20.1. The minimum Gasteiger partial charge on any atom is -0.497 e. The summed E-state index contributed by atoms with van der Waals surface area (Å²) in [5.41, 5.74) is 1.67. The van der Waals surface area contributed by atoms with Gasteiger partial charge in [-0.25, -0.2) is 0 Å². The van der Waals surface area contributed by atoms with E-state index >= 15 is 0 Å². The molecule has 0 saturated carbocycles. The Balaban J connectivity index is 1.53. The SMILES string of the molecule is COc1ccc(NC(=O)CN2CCN(c3ccc(Cl)c(Cl)c3)CC2)c(OC)c1. The average Bonchev–Trinajstić information content (AvgIpc) is 2.71. The molecule has 1 fully saturated rings. The molecule has 8 heteroatoms. The van der Waals surface area contributed by atoms with Crippen molar-refractivity contribution >= 4 is 40.5 Å². The number of hydrogen-bond donors (Lipinski definition) is 1. The summed E-state index contributed by atoms with van der Waals surface area (Å²) < 4.78 is 10.5. The van der Waals surface area contributed by atoms with Crippen LogP contribution in [-0.4, -0.2) is 57.8 Å². The fourth-order valence-electron chi connectivity index (χ4n) is 3.14. The van der Waals surface area contributed by atoms with E-state index < -0.39 is 0 Å². The second-order valence-corrected chi connectivity index (χ2v) is 7.29. The number of nitrogens with one attached hydrogen (secondary N) is 1. The van der Waals surface area contributed by atoms with E-state index in [1.807, 2.05) is 12.1 Å². The van der Waals surface area contributed by atoms with Crippen molar-refractivity contribution in [2.75, 3.05) is 57.2 Å². The molecular weight excluding hydrogens is 401 g/mol. The Morgan fingerprint density at radius 2 is 1.75 bits per heavy atom. The summed E-state index contributed by atoms with van der Waals surface area (Å²) in [5, 5.41) is 4.01. The Kier molecular flexibility index (Phi) is 6.88. The first-order valence-corrected chi connectivity index (χ1v) is 9.70. The maximum atomic E-state index is 12.5. The van der Waals surface area contributed by atoms with Crippen LogP contribution in [0.5, 0.6) is 11.5 Å². The van der Waals surface area contributed by atoms with Crippen molar-refractivity contribution in [3.63, 3.8) is 0 Å². The minimum absolute atomic E-state index is 0.0774. The van der Waals surface area contributed by atoms with Gasteiger partial charge in [0.15, 0.2) is 0 Å². The number of amides is 1. The van der Waals surface area contributed by atoms with Gasteiger partial charge >= 0.3 is 0 Å². The van der Waals surface area contributed by atoms with Crippen LogP contribution in [0, 0.1) is 0 Å². The summed E-state index contributed by atoms with van der Waals surface area (Å²) in [4.78, 5) is 16.8. The second-order valence-electron chi connectivity index (χ2n) is 6.48. The molecule has 2 aromatic carbocycles. The Labute approximate surface area is 174 Å². The van der Waals surface area contributed by atoms with E-state index in [1.165, 1.54) is 0 Å². The van der Waals surface area contributed by atoms with Crippen molar-refractivity contribution in [3.05, 3.63) is 46.4 Å². The molecular formula is C20H23Cl2N3O3. The lowest BCUT2D eigenvalue weighted by Crippen LogP contribution is -2.48. The number of halogens is 2. The van der Waals surface area contributed by atoms with Crippen LogP contribution in [0.2, 0.25) is 10.0 Å². The fraction of sp³-hybridized carbons (Fsp3) is 0.350. The van der Waals surface area contributed by atoms with Gasteiger partial charge in [0.2, 0.25) is 5.91 Å². The van der Waals surface area contributed by atoms with Crippen molar-refractivity contribution in [2.24, 2.45) is 0 Å². The van der Waals surface area contributed by atoms with Crippen molar-refractivity contribution in [1.82, 2.24) is 4.90 Å². The zero-order valence-electron chi connectivity index (χ0n) is 15.9. The summed E-state index contributed by atoms with van der Waals surface area (Å²) in [7, 11) is 3.15. The lowest BCUT2D eigenvalue weighted by molar-refractivity contribution is -0.117. The molecule has 0 unspecified atom stereocenters. The molecule has 1 N–H and O–H groups in total. The maximum Gasteiger partial charge on any atom is 0.238 e. The summed E-state index contributed by atoms with van der Waals surface area (Å²) in [6.45, 7) is 3.53. The second kappa shape index (κ2) is 9.37. The van der Waals surface area contributed by atoms with Gasteiger partial charge in [0.05, 0.1) is 36.5 Å². The molecule has 1 aliphatic rings. The number of rotatable bonds is 6. The molecule has 28 heavy (non-hydrogen) atoms. The van der Waals surface area contributed by atoms with Crippen molar-refractivity contribution in [1.29, 1.82) is 0 Å². The van der Waals surface area contributed by atoms with Crippen molar-refractivity contribution < 1.29 is 14.3 Å². The van der Waals surface area contributed by atoms with Crippen LogP contribution >= 0.6 is 23.2 Å². The smallest absolute Gasteiger partial charge is 0.238 e. The molecule has 3 rings (SSSR count). The highest BCUT2D eigenvalue weighted by Crippen LogP contribution is 2.29. The third-order valence-corrected chi connectivity index (χ3v) is 5.43. The highest BCUT2D eigenvalue weighted by molar-refractivity contribution is 6.42. The molecule has 1 aliphatic heterocycles. The molecule has 6 nitrogen and oxygen atoms in total. The highest BCUT2D eigenvalue weighted by atomic mass is 35.5. The van der Waals surface area contributed by atoms with Crippen LogP contribution in [0.15, 0.2) is 36.4 Å². The summed E-state index contributed by atoms with van der Waals surface area (Å²) >= 11 is 12.1. The first-order chi connectivity index (χ1) is 13.5. The van der Waals surface area contributed by atoms with Gasteiger partial charge in [-0.2, -0.15) is 0 Å². The molecule has 1 heterocycles. The number of methoxy groups -OCH3 is 2. The van der Waals surface area contributed by atoms with Gasteiger partial charge in [-0.05, 0) is 30.3 Å². The molecule has 0 radical (unpaired) electrons. The number of piperazine rings is 1. The number of hydrogen-bond acceptors (Lipinski definition) is 5. The largest absolute Gasteiger partial charge is 0.497 e. The first-order valence-electron chi connectivity index (χ1n) is 8.94. The van der Waals surface area contributed by atoms with E-state index in [1.54, 1.807) is 38.5 Å². The number of anilines is 2. The molecule has 150 valence electrons. The third kappa shape index (κ3) is 5.01. The van der Waals surface area contributed by atoms with Gasteiger partial charge in [-0.3, -0.25) is 9.69 Å². The van der Waals surface area contributed by atoms with Crippen molar-refractivity contribution in [2.45, 2.75) is 0 Å².